The number of fused-ring (bicyclic) bond motifs is 2. The normalized spacial score (nSPS) is 25.0. The molecule has 2 aromatic carbocycles. The van der Waals surface area contributed by atoms with Crippen molar-refractivity contribution >= 4 is 58.5 Å². The molecule has 0 aliphatic carbocycles. The fourth-order valence-corrected chi connectivity index (χ4v) is 9.42. The van der Waals surface area contributed by atoms with Crippen LogP contribution in [0.1, 0.15) is 30.2 Å². The van der Waals surface area contributed by atoms with E-state index < -0.39 is 20.1 Å². The number of aliphatic hydroxyl groups is 1. The van der Waals surface area contributed by atoms with Gasteiger partial charge in [-0.15, -0.1) is 5.10 Å². The van der Waals surface area contributed by atoms with Crippen molar-refractivity contribution < 1.29 is 18.7 Å². The van der Waals surface area contributed by atoms with Gasteiger partial charge in [-0.1, -0.05) is 40.2 Å². The van der Waals surface area contributed by atoms with Gasteiger partial charge in [-0.05, 0) is 78.0 Å². The Morgan fingerprint density at radius 1 is 1.24 bits per heavy atom. The SMILES string of the molecule is C[C@@H]1[C@@H]([Si](C)(C)F)[C@H](CCn2cc(CCO)nn2)O[C@@]12C(=O)N(Cc1ccc(I)cc1)c1ccc(Br)cc12. The molecule has 5 rings (SSSR count). The van der Waals surface area contributed by atoms with Gasteiger partial charge in [-0.25, -0.2) is 0 Å². The largest absolute Gasteiger partial charge is 0.396 e. The van der Waals surface area contributed by atoms with Crippen molar-refractivity contribution in [3.05, 3.63) is 73.5 Å². The number of anilines is 1. The summed E-state index contributed by atoms with van der Waals surface area (Å²) in [5.74, 6) is -0.476. The van der Waals surface area contributed by atoms with Gasteiger partial charge in [0, 0.05) is 50.8 Å². The van der Waals surface area contributed by atoms with Crippen LogP contribution < -0.4 is 4.90 Å². The number of carbonyl (C=O) groups excluding carboxylic acids is 1. The van der Waals surface area contributed by atoms with Crippen molar-refractivity contribution in [2.75, 3.05) is 11.5 Å². The molecule has 202 valence electrons. The van der Waals surface area contributed by atoms with Crippen molar-refractivity contribution in [3.63, 3.8) is 0 Å². The molecule has 1 saturated heterocycles. The lowest BCUT2D eigenvalue weighted by atomic mass is 9.82. The average molecular weight is 713 g/mol. The van der Waals surface area contributed by atoms with E-state index in [-0.39, 0.29) is 24.0 Å². The van der Waals surface area contributed by atoms with Crippen LogP contribution in [0.4, 0.5) is 9.80 Å². The molecule has 1 spiro atoms. The molecule has 2 aliphatic heterocycles. The Kier molecular flexibility index (Phi) is 7.86. The van der Waals surface area contributed by atoms with Gasteiger partial charge in [0.05, 0.1) is 24.0 Å². The second kappa shape index (κ2) is 10.7. The van der Waals surface area contributed by atoms with Gasteiger partial charge in [0.1, 0.15) is 0 Å². The minimum Gasteiger partial charge on any atom is -0.396 e. The van der Waals surface area contributed by atoms with Gasteiger partial charge in [0.15, 0.2) is 5.60 Å². The molecule has 7 nitrogen and oxygen atoms in total. The fourth-order valence-electron chi connectivity index (χ4n) is 6.16. The number of nitrogens with zero attached hydrogens (tertiary/aromatic N) is 4. The fraction of sp³-hybridized carbons (Fsp3) is 0.444. The highest BCUT2D eigenvalue weighted by Crippen LogP contribution is 2.60. The number of aliphatic hydroxyl groups excluding tert-OH is 1. The Labute approximate surface area is 245 Å². The summed E-state index contributed by atoms with van der Waals surface area (Å²) in [4.78, 5) is 16.2. The molecular weight excluding hydrogens is 682 g/mol. The van der Waals surface area contributed by atoms with Gasteiger partial charge in [0.25, 0.3) is 5.91 Å². The molecule has 1 fully saturated rings. The number of rotatable bonds is 8. The van der Waals surface area contributed by atoms with E-state index in [2.05, 4.69) is 48.8 Å². The van der Waals surface area contributed by atoms with Gasteiger partial charge in [-0.3, -0.25) is 9.48 Å². The quantitative estimate of drug-likeness (QED) is 0.187. The molecule has 2 aliphatic rings. The standard InChI is InChI=1S/C27H31BrFIN4O3Si/c1-17-25(38(2,3)29)24(10-12-33-16-21(11-13-35)31-32-33)37-27(17)22-14-19(28)6-9-23(22)34(26(27)36)15-18-4-7-20(30)8-5-18/h4-9,14,16-17,24-25,35H,10-13,15H2,1-3H3/t17-,24+,25-,27+/m1/s1. The maximum atomic E-state index is 16.0. The highest BCUT2D eigenvalue weighted by Gasteiger charge is 2.66. The second-order valence-electron chi connectivity index (χ2n) is 10.7. The first-order chi connectivity index (χ1) is 18.0. The molecule has 38 heavy (non-hydrogen) atoms. The number of carbonyl (C=O) groups is 1. The Morgan fingerprint density at radius 2 is 1.97 bits per heavy atom. The highest BCUT2D eigenvalue weighted by molar-refractivity contribution is 14.1. The minimum absolute atomic E-state index is 0.00394. The van der Waals surface area contributed by atoms with Gasteiger partial charge >= 0.3 is 0 Å². The lowest BCUT2D eigenvalue weighted by molar-refractivity contribution is -0.146. The molecule has 1 amide bonds. The smallest absolute Gasteiger partial charge is 0.264 e. The lowest BCUT2D eigenvalue weighted by Crippen LogP contribution is -2.45. The number of aromatic nitrogens is 3. The third-order valence-electron chi connectivity index (χ3n) is 7.77. The van der Waals surface area contributed by atoms with E-state index in [4.69, 9.17) is 4.74 Å². The summed E-state index contributed by atoms with van der Waals surface area (Å²) in [5, 5.41) is 17.4. The Balaban J connectivity index is 1.50. The topological polar surface area (TPSA) is 80.5 Å². The molecule has 0 radical (unpaired) electrons. The van der Waals surface area contributed by atoms with Crippen LogP contribution in [-0.4, -0.2) is 47.1 Å². The Bertz CT molecular complexity index is 1330. The number of hydrogen-bond acceptors (Lipinski definition) is 5. The number of benzene rings is 2. The zero-order valence-electron chi connectivity index (χ0n) is 21.6. The van der Waals surface area contributed by atoms with Crippen molar-refractivity contribution in [2.45, 2.75) is 63.2 Å². The van der Waals surface area contributed by atoms with E-state index in [0.29, 0.717) is 31.6 Å². The molecule has 0 unspecified atom stereocenters. The first-order valence-electron chi connectivity index (χ1n) is 12.8. The van der Waals surface area contributed by atoms with Gasteiger partial charge < -0.3 is 18.9 Å². The van der Waals surface area contributed by atoms with E-state index >= 15 is 4.11 Å². The highest BCUT2D eigenvalue weighted by atomic mass is 127. The molecule has 1 aromatic heterocycles. The number of aryl methyl sites for hydroxylation is 1. The molecule has 11 heteroatoms. The third kappa shape index (κ3) is 5.00. The molecule has 0 bridgehead atoms. The van der Waals surface area contributed by atoms with Crippen molar-refractivity contribution in [2.24, 2.45) is 5.92 Å². The first-order valence-corrected chi connectivity index (χ1v) is 17.6. The zero-order valence-corrected chi connectivity index (χ0v) is 26.3. The monoisotopic (exact) mass is 712 g/mol. The number of hydrogen-bond donors (Lipinski definition) is 1. The number of amides is 1. The van der Waals surface area contributed by atoms with Crippen LogP contribution in [0.3, 0.4) is 0 Å². The summed E-state index contributed by atoms with van der Waals surface area (Å²) >= 11 is 5.86. The van der Waals surface area contributed by atoms with Crippen LogP contribution in [0, 0.1) is 9.49 Å². The molecule has 3 heterocycles. The summed E-state index contributed by atoms with van der Waals surface area (Å²) in [6.45, 7) is 6.31. The average Bonchev–Trinajstić information content (AvgIpc) is 3.50. The summed E-state index contributed by atoms with van der Waals surface area (Å²) in [6, 6.07) is 14.0. The van der Waals surface area contributed by atoms with E-state index in [1.54, 1.807) is 28.9 Å². The van der Waals surface area contributed by atoms with Crippen LogP contribution in [0.5, 0.6) is 0 Å². The maximum Gasteiger partial charge on any atom is 0.264 e. The summed E-state index contributed by atoms with van der Waals surface area (Å²) in [5.41, 5.74) is 1.71. The van der Waals surface area contributed by atoms with Gasteiger partial charge in [-0.2, -0.15) is 0 Å². The summed E-state index contributed by atoms with van der Waals surface area (Å²) in [6.07, 6.45) is 2.29. The van der Waals surface area contributed by atoms with Crippen LogP contribution in [-0.2, 0) is 34.6 Å². The molecule has 3 aromatic rings. The van der Waals surface area contributed by atoms with E-state index in [9.17, 15) is 9.90 Å². The number of halogens is 3. The molecule has 0 saturated carbocycles. The Hall–Kier alpha value is -1.67. The van der Waals surface area contributed by atoms with E-state index in [0.717, 1.165) is 24.9 Å². The van der Waals surface area contributed by atoms with Crippen molar-refractivity contribution in [3.8, 4) is 0 Å². The summed E-state index contributed by atoms with van der Waals surface area (Å²) < 4.78 is 26.5. The zero-order chi connectivity index (χ0) is 27.2. The predicted molar refractivity (Wildman–Crippen MR) is 158 cm³/mol. The van der Waals surface area contributed by atoms with E-state index in [1.165, 1.54) is 0 Å². The first kappa shape index (κ1) is 27.9. The van der Waals surface area contributed by atoms with E-state index in [1.807, 2.05) is 49.4 Å². The summed E-state index contributed by atoms with van der Waals surface area (Å²) in [7, 11) is -3.24. The third-order valence-corrected chi connectivity index (χ3v) is 11.4. The maximum absolute atomic E-state index is 16.0. The Morgan fingerprint density at radius 3 is 2.66 bits per heavy atom. The lowest BCUT2D eigenvalue weighted by Gasteiger charge is -2.31. The van der Waals surface area contributed by atoms with Crippen LogP contribution in [0.2, 0.25) is 18.6 Å². The predicted octanol–water partition coefficient (Wildman–Crippen LogP) is 5.59. The van der Waals surface area contributed by atoms with Crippen LogP contribution >= 0.6 is 38.5 Å². The van der Waals surface area contributed by atoms with Crippen LogP contribution in [0.15, 0.2) is 53.1 Å². The van der Waals surface area contributed by atoms with Crippen molar-refractivity contribution in [1.29, 1.82) is 0 Å². The second-order valence-corrected chi connectivity index (χ2v) is 16.6. The minimum atomic E-state index is -3.24. The van der Waals surface area contributed by atoms with Crippen LogP contribution in [0.25, 0.3) is 0 Å². The van der Waals surface area contributed by atoms with Crippen molar-refractivity contribution in [1.82, 2.24) is 15.0 Å². The molecule has 1 N–H and O–H groups in total. The number of ether oxygens (including phenoxy) is 1. The molecule has 4 atom stereocenters. The molecular formula is C27H31BrFIN4O3Si. The van der Waals surface area contributed by atoms with Gasteiger partial charge in [0.2, 0.25) is 8.41 Å².